The quantitative estimate of drug-likeness (QED) is 0.493. The van der Waals surface area contributed by atoms with Gasteiger partial charge in [0, 0.05) is 0 Å². The summed E-state index contributed by atoms with van der Waals surface area (Å²) in [4.78, 5) is 25.3. The van der Waals surface area contributed by atoms with Gasteiger partial charge < -0.3 is 4.74 Å². The number of amides is 2. The number of benzene rings is 1. The van der Waals surface area contributed by atoms with Gasteiger partial charge >= 0.3 is 0 Å². The Hall–Kier alpha value is -1.98. The van der Waals surface area contributed by atoms with Gasteiger partial charge in [0.1, 0.15) is 0 Å². The number of ether oxygens (including phenoxy) is 1. The van der Waals surface area contributed by atoms with Crippen LogP contribution < -0.4 is 0 Å². The molecule has 0 radical (unpaired) electrons. The number of carbonyl (C=O) groups is 2. The number of rotatable bonds is 6. The largest absolute Gasteiger partial charge is 0.355 e. The van der Waals surface area contributed by atoms with Crippen LogP contribution in [0.3, 0.4) is 0 Å². The van der Waals surface area contributed by atoms with E-state index in [9.17, 15) is 14.8 Å². The van der Waals surface area contributed by atoms with Crippen LogP contribution in [-0.4, -0.2) is 28.7 Å². The summed E-state index contributed by atoms with van der Waals surface area (Å²) < 4.78 is 6.01. The summed E-state index contributed by atoms with van der Waals surface area (Å²) in [6, 6.07) is 8.96. The van der Waals surface area contributed by atoms with Crippen molar-refractivity contribution in [2.45, 2.75) is 39.7 Å². The van der Waals surface area contributed by atoms with Gasteiger partial charge in [-0.2, -0.15) is 5.06 Å². The van der Waals surface area contributed by atoms with Gasteiger partial charge in [-0.05, 0) is 31.7 Å². The van der Waals surface area contributed by atoms with Crippen LogP contribution >= 0.6 is 0 Å². The molecule has 1 aromatic rings. The molecule has 1 saturated heterocycles. The number of imide groups is 1. The number of hydrogen-bond donors (Lipinski definition) is 1. The number of carbonyl (C=O) groups excluding carboxylic acids is 2. The maximum absolute atomic E-state index is 12.8. The second-order valence-corrected chi connectivity index (χ2v) is 6.83. The second-order valence-electron chi connectivity index (χ2n) is 6.83. The summed E-state index contributed by atoms with van der Waals surface area (Å²) in [6.07, 6.45) is 2.31. The van der Waals surface area contributed by atoms with Crippen molar-refractivity contribution in [2.24, 2.45) is 11.8 Å². The first kappa shape index (κ1) is 18.4. The molecule has 2 atom stereocenters. The fraction of sp³-hybridized carbons (Fsp3) is 0.474. The van der Waals surface area contributed by atoms with Crippen molar-refractivity contribution in [3.63, 3.8) is 0 Å². The van der Waals surface area contributed by atoms with Gasteiger partial charge in [0.05, 0.1) is 12.5 Å². The first-order chi connectivity index (χ1) is 11.3. The average molecular weight is 331 g/mol. The Labute approximate surface area is 142 Å². The van der Waals surface area contributed by atoms with E-state index in [2.05, 4.69) is 0 Å². The molecule has 1 fully saturated rings. The summed E-state index contributed by atoms with van der Waals surface area (Å²) in [5, 5.41) is 10.2. The molecule has 0 bridgehead atoms. The molecular formula is C19H25NO4. The summed E-state index contributed by atoms with van der Waals surface area (Å²) in [6.45, 7) is 8.01. The lowest BCUT2D eigenvalue weighted by molar-refractivity contribution is -0.179. The van der Waals surface area contributed by atoms with E-state index in [4.69, 9.17) is 4.74 Å². The van der Waals surface area contributed by atoms with Gasteiger partial charge in [0.25, 0.3) is 11.8 Å². The van der Waals surface area contributed by atoms with Gasteiger partial charge in [0.15, 0.2) is 5.60 Å². The zero-order valence-electron chi connectivity index (χ0n) is 14.7. The number of hydroxylamine groups is 2. The molecule has 0 spiro atoms. The van der Waals surface area contributed by atoms with Crippen LogP contribution in [0.15, 0.2) is 42.0 Å². The van der Waals surface area contributed by atoms with Gasteiger partial charge in [-0.3, -0.25) is 14.8 Å². The highest BCUT2D eigenvalue weighted by Gasteiger charge is 2.61. The Bertz CT molecular complexity index is 634. The molecule has 1 aliphatic rings. The summed E-state index contributed by atoms with van der Waals surface area (Å²) in [5.41, 5.74) is 0.160. The van der Waals surface area contributed by atoms with Crippen molar-refractivity contribution in [3.05, 3.63) is 47.5 Å². The summed E-state index contributed by atoms with van der Waals surface area (Å²) >= 11 is 0. The topological polar surface area (TPSA) is 66.8 Å². The van der Waals surface area contributed by atoms with E-state index >= 15 is 0 Å². The molecule has 1 N–H and O–H groups in total. The lowest BCUT2D eigenvalue weighted by atomic mass is 9.78. The lowest BCUT2D eigenvalue weighted by Gasteiger charge is -2.32. The average Bonchev–Trinajstić information content (AvgIpc) is 2.71. The molecule has 1 aliphatic heterocycles. The van der Waals surface area contributed by atoms with E-state index < -0.39 is 23.3 Å². The van der Waals surface area contributed by atoms with E-state index in [0.29, 0.717) is 12.0 Å². The zero-order chi connectivity index (χ0) is 17.9. The van der Waals surface area contributed by atoms with Crippen molar-refractivity contribution in [1.82, 2.24) is 5.06 Å². The minimum absolute atomic E-state index is 0.174. The predicted octanol–water partition coefficient (Wildman–Crippen LogP) is 3.29. The third kappa shape index (κ3) is 3.28. The van der Waals surface area contributed by atoms with Crippen molar-refractivity contribution >= 4 is 11.8 Å². The number of hydrogen-bond acceptors (Lipinski definition) is 4. The Morgan fingerprint density at radius 1 is 1.29 bits per heavy atom. The molecule has 0 saturated carbocycles. The van der Waals surface area contributed by atoms with Gasteiger partial charge in [-0.15, -0.1) is 0 Å². The van der Waals surface area contributed by atoms with Crippen molar-refractivity contribution < 1.29 is 19.5 Å². The number of allylic oxidation sites excluding steroid dienone is 1. The van der Waals surface area contributed by atoms with Crippen LogP contribution in [0.4, 0.5) is 0 Å². The molecule has 130 valence electrons. The molecule has 1 aromatic carbocycles. The monoisotopic (exact) mass is 331 g/mol. The van der Waals surface area contributed by atoms with Crippen LogP contribution in [0.5, 0.6) is 0 Å². The Balaban J connectivity index is 2.54. The molecular weight excluding hydrogens is 306 g/mol. The van der Waals surface area contributed by atoms with E-state index in [1.807, 2.05) is 39.8 Å². The highest BCUT2D eigenvalue weighted by molar-refractivity contribution is 6.08. The van der Waals surface area contributed by atoms with Gasteiger partial charge in [0.2, 0.25) is 0 Å². The normalized spacial score (nSPS) is 23.9. The SMILES string of the molecule is CC(C)=CCOC1(c2ccccc2)C(=O)N(O)C(=O)[C@@H]1CC(C)C. The Morgan fingerprint density at radius 2 is 1.92 bits per heavy atom. The van der Waals surface area contributed by atoms with Crippen LogP contribution in [0.1, 0.15) is 39.7 Å². The molecule has 0 aliphatic carbocycles. The van der Waals surface area contributed by atoms with E-state index in [-0.39, 0.29) is 17.6 Å². The molecule has 1 unspecified atom stereocenters. The first-order valence-corrected chi connectivity index (χ1v) is 8.20. The maximum Gasteiger partial charge on any atom is 0.290 e. The Kier molecular flexibility index (Phi) is 5.57. The van der Waals surface area contributed by atoms with Crippen molar-refractivity contribution in [3.8, 4) is 0 Å². The van der Waals surface area contributed by atoms with Crippen LogP contribution in [-0.2, 0) is 19.9 Å². The molecule has 5 nitrogen and oxygen atoms in total. The third-order valence-corrected chi connectivity index (χ3v) is 4.22. The molecule has 0 aromatic heterocycles. The predicted molar refractivity (Wildman–Crippen MR) is 90.1 cm³/mol. The fourth-order valence-corrected chi connectivity index (χ4v) is 3.06. The second kappa shape index (κ2) is 7.28. The third-order valence-electron chi connectivity index (χ3n) is 4.22. The van der Waals surface area contributed by atoms with Crippen LogP contribution in [0, 0.1) is 11.8 Å². The van der Waals surface area contributed by atoms with Gasteiger partial charge in [-0.25, -0.2) is 0 Å². The zero-order valence-corrected chi connectivity index (χ0v) is 14.7. The molecule has 24 heavy (non-hydrogen) atoms. The summed E-state index contributed by atoms with van der Waals surface area (Å²) in [7, 11) is 0. The van der Waals surface area contributed by atoms with E-state index in [0.717, 1.165) is 5.57 Å². The minimum Gasteiger partial charge on any atom is -0.355 e. The lowest BCUT2D eigenvalue weighted by Crippen LogP contribution is -2.43. The smallest absolute Gasteiger partial charge is 0.290 e. The van der Waals surface area contributed by atoms with Gasteiger partial charge in [-0.1, -0.05) is 55.8 Å². The first-order valence-electron chi connectivity index (χ1n) is 8.20. The summed E-state index contributed by atoms with van der Waals surface area (Å²) in [5.74, 6) is -1.89. The molecule has 2 rings (SSSR count). The highest BCUT2D eigenvalue weighted by atomic mass is 16.6. The molecule has 2 amide bonds. The molecule has 1 heterocycles. The highest BCUT2D eigenvalue weighted by Crippen LogP contribution is 2.44. The van der Waals surface area contributed by atoms with Crippen molar-refractivity contribution in [1.29, 1.82) is 0 Å². The van der Waals surface area contributed by atoms with Crippen molar-refractivity contribution in [2.75, 3.05) is 6.61 Å². The molecule has 5 heteroatoms. The van der Waals surface area contributed by atoms with Crippen LogP contribution in [0.25, 0.3) is 0 Å². The maximum atomic E-state index is 12.8. The Morgan fingerprint density at radius 3 is 2.46 bits per heavy atom. The minimum atomic E-state index is -1.48. The van der Waals surface area contributed by atoms with Crippen LogP contribution in [0.2, 0.25) is 0 Å². The van der Waals surface area contributed by atoms with E-state index in [1.54, 1.807) is 24.3 Å². The van der Waals surface area contributed by atoms with E-state index in [1.165, 1.54) is 0 Å². The standard InChI is InChI=1S/C19H25NO4/c1-13(2)10-11-24-19(15-8-6-5-7-9-15)16(12-14(3)4)17(21)20(23)18(19)22/h5-10,14,16,23H,11-12H2,1-4H3/t16-,19?/m0/s1. The fourth-order valence-electron chi connectivity index (χ4n) is 3.06. The number of nitrogens with zero attached hydrogens (tertiary/aromatic N) is 1.